The van der Waals surface area contributed by atoms with E-state index in [9.17, 15) is 0 Å². The Labute approximate surface area is 92.6 Å². The highest BCUT2D eigenvalue weighted by atomic mass is 79.9. The van der Waals surface area contributed by atoms with Gasteiger partial charge in [0.05, 0.1) is 11.6 Å². The van der Waals surface area contributed by atoms with Gasteiger partial charge in [-0.15, -0.1) is 0 Å². The van der Waals surface area contributed by atoms with Crippen LogP contribution in [0.25, 0.3) is 0 Å². The fraction of sp³-hybridized carbons (Fsp3) is 0.364. The van der Waals surface area contributed by atoms with Crippen molar-refractivity contribution < 1.29 is 4.74 Å². The minimum atomic E-state index is -0.243. The first kappa shape index (κ1) is 11.1. The van der Waals surface area contributed by atoms with E-state index in [1.807, 2.05) is 26.8 Å². The Morgan fingerprint density at radius 3 is 2.43 bits per heavy atom. The normalized spacial score (nSPS) is 10.8. The van der Waals surface area contributed by atoms with Gasteiger partial charge in [-0.1, -0.05) is 15.9 Å². The molecule has 0 saturated carbocycles. The third-order valence-corrected chi connectivity index (χ3v) is 1.88. The van der Waals surface area contributed by atoms with Crippen LogP contribution in [0.5, 0.6) is 5.75 Å². The summed E-state index contributed by atoms with van der Waals surface area (Å²) in [5, 5.41) is 8.76. The van der Waals surface area contributed by atoms with E-state index in [1.54, 1.807) is 12.1 Å². The molecule has 0 aliphatic heterocycles. The van der Waals surface area contributed by atoms with Gasteiger partial charge >= 0.3 is 0 Å². The van der Waals surface area contributed by atoms with Crippen LogP contribution in [0.15, 0.2) is 22.7 Å². The zero-order valence-electron chi connectivity index (χ0n) is 8.47. The first-order valence-corrected chi connectivity index (χ1v) is 5.10. The zero-order valence-corrected chi connectivity index (χ0v) is 10.1. The molecule has 0 aromatic heterocycles. The van der Waals surface area contributed by atoms with Crippen molar-refractivity contribution >= 4 is 15.9 Å². The van der Waals surface area contributed by atoms with E-state index in [2.05, 4.69) is 22.0 Å². The largest absolute Gasteiger partial charge is 0.488 e. The number of hydrogen-bond donors (Lipinski definition) is 0. The van der Waals surface area contributed by atoms with Crippen molar-refractivity contribution in [2.24, 2.45) is 0 Å². The van der Waals surface area contributed by atoms with Crippen molar-refractivity contribution in [1.82, 2.24) is 0 Å². The maximum absolute atomic E-state index is 8.76. The summed E-state index contributed by atoms with van der Waals surface area (Å²) in [5.74, 6) is 0.712. The van der Waals surface area contributed by atoms with Gasteiger partial charge in [-0.3, -0.25) is 0 Å². The molecule has 0 aliphatic carbocycles. The fourth-order valence-electron chi connectivity index (χ4n) is 1.04. The monoisotopic (exact) mass is 253 g/mol. The third kappa shape index (κ3) is 3.39. The fourth-order valence-corrected chi connectivity index (χ4v) is 1.51. The van der Waals surface area contributed by atoms with Crippen LogP contribution < -0.4 is 4.74 Å². The number of nitrogens with zero attached hydrogens (tertiary/aromatic N) is 1. The van der Waals surface area contributed by atoms with E-state index in [-0.39, 0.29) is 5.60 Å². The van der Waals surface area contributed by atoms with Crippen LogP contribution in [0.4, 0.5) is 0 Å². The Kier molecular flexibility index (Phi) is 3.17. The summed E-state index contributed by atoms with van der Waals surface area (Å²) in [6.45, 7) is 5.92. The second-order valence-corrected chi connectivity index (χ2v) is 4.92. The van der Waals surface area contributed by atoms with Crippen molar-refractivity contribution in [3.63, 3.8) is 0 Å². The van der Waals surface area contributed by atoms with E-state index in [1.165, 1.54) is 0 Å². The molecule has 0 radical (unpaired) electrons. The predicted octanol–water partition coefficient (Wildman–Crippen LogP) is 3.50. The van der Waals surface area contributed by atoms with Crippen LogP contribution in [0.1, 0.15) is 26.3 Å². The molecule has 0 spiro atoms. The molecule has 74 valence electrons. The topological polar surface area (TPSA) is 33.0 Å². The molecule has 1 rings (SSSR count). The number of nitriles is 1. The first-order chi connectivity index (χ1) is 6.40. The minimum absolute atomic E-state index is 0.243. The molecule has 14 heavy (non-hydrogen) atoms. The lowest BCUT2D eigenvalue weighted by Crippen LogP contribution is -2.22. The predicted molar refractivity (Wildman–Crippen MR) is 59.2 cm³/mol. The van der Waals surface area contributed by atoms with Crippen LogP contribution in [0, 0.1) is 11.3 Å². The lowest BCUT2D eigenvalue weighted by Gasteiger charge is -2.21. The third-order valence-electron chi connectivity index (χ3n) is 1.42. The van der Waals surface area contributed by atoms with Gasteiger partial charge in [0.2, 0.25) is 0 Å². The summed E-state index contributed by atoms with van der Waals surface area (Å²) >= 11 is 3.33. The Balaban J connectivity index is 3.00. The summed E-state index contributed by atoms with van der Waals surface area (Å²) in [4.78, 5) is 0. The van der Waals surface area contributed by atoms with Gasteiger partial charge in [0.1, 0.15) is 11.4 Å². The molecule has 0 saturated heterocycles. The summed E-state index contributed by atoms with van der Waals surface area (Å²) in [6.07, 6.45) is 0. The van der Waals surface area contributed by atoms with Crippen molar-refractivity contribution in [2.75, 3.05) is 0 Å². The number of benzene rings is 1. The van der Waals surface area contributed by atoms with E-state index in [0.29, 0.717) is 11.3 Å². The van der Waals surface area contributed by atoms with Crippen LogP contribution in [-0.2, 0) is 0 Å². The average molecular weight is 254 g/mol. The second kappa shape index (κ2) is 4.02. The maximum Gasteiger partial charge on any atom is 0.122 e. The molecule has 0 fully saturated rings. The summed E-state index contributed by atoms with van der Waals surface area (Å²) in [6, 6.07) is 7.43. The highest BCUT2D eigenvalue weighted by molar-refractivity contribution is 9.10. The van der Waals surface area contributed by atoms with Crippen molar-refractivity contribution in [3.8, 4) is 11.8 Å². The summed E-state index contributed by atoms with van der Waals surface area (Å²) in [5.41, 5.74) is 0.353. The molecule has 0 unspecified atom stereocenters. The standard InChI is InChI=1S/C11H12BrNO/c1-11(2,3)14-10-5-8(7-13)4-9(12)6-10/h4-6H,1-3H3. The number of rotatable bonds is 1. The van der Waals surface area contributed by atoms with Crippen LogP contribution >= 0.6 is 15.9 Å². The minimum Gasteiger partial charge on any atom is -0.488 e. The van der Waals surface area contributed by atoms with Crippen LogP contribution in [-0.4, -0.2) is 5.60 Å². The molecule has 2 nitrogen and oxygen atoms in total. The van der Waals surface area contributed by atoms with Gasteiger partial charge in [-0.25, -0.2) is 0 Å². The molecule has 0 atom stereocenters. The molecule has 0 bridgehead atoms. The molecular weight excluding hydrogens is 242 g/mol. The van der Waals surface area contributed by atoms with Crippen LogP contribution in [0.2, 0.25) is 0 Å². The molecular formula is C11H12BrNO. The highest BCUT2D eigenvalue weighted by Crippen LogP contribution is 2.24. The Hall–Kier alpha value is -1.01. The van der Waals surface area contributed by atoms with Crippen molar-refractivity contribution in [2.45, 2.75) is 26.4 Å². The molecule has 0 N–H and O–H groups in total. The lowest BCUT2D eigenvalue weighted by atomic mass is 10.2. The Morgan fingerprint density at radius 1 is 1.29 bits per heavy atom. The van der Waals surface area contributed by atoms with E-state index in [4.69, 9.17) is 10.00 Å². The first-order valence-electron chi connectivity index (χ1n) is 4.30. The highest BCUT2D eigenvalue weighted by Gasteiger charge is 2.12. The van der Waals surface area contributed by atoms with Crippen molar-refractivity contribution in [3.05, 3.63) is 28.2 Å². The molecule has 1 aromatic rings. The van der Waals surface area contributed by atoms with E-state index >= 15 is 0 Å². The number of hydrogen-bond acceptors (Lipinski definition) is 2. The molecule has 0 aliphatic rings. The average Bonchev–Trinajstić information content (AvgIpc) is 1.99. The summed E-state index contributed by atoms with van der Waals surface area (Å²) in [7, 11) is 0. The Morgan fingerprint density at radius 2 is 1.93 bits per heavy atom. The smallest absolute Gasteiger partial charge is 0.122 e. The van der Waals surface area contributed by atoms with Gasteiger partial charge in [-0.05, 0) is 39.0 Å². The molecule has 0 amide bonds. The SMILES string of the molecule is CC(C)(C)Oc1cc(Br)cc(C#N)c1. The van der Waals surface area contributed by atoms with Gasteiger partial charge in [0.15, 0.2) is 0 Å². The molecule has 1 aromatic carbocycles. The van der Waals surface area contributed by atoms with Gasteiger partial charge < -0.3 is 4.74 Å². The number of halogens is 1. The van der Waals surface area contributed by atoms with Crippen molar-refractivity contribution in [1.29, 1.82) is 5.26 Å². The molecule has 3 heteroatoms. The maximum atomic E-state index is 8.76. The van der Waals surface area contributed by atoms with Crippen LogP contribution in [0.3, 0.4) is 0 Å². The molecule has 0 heterocycles. The Bertz CT molecular complexity index is 374. The zero-order chi connectivity index (χ0) is 10.8. The van der Waals surface area contributed by atoms with E-state index < -0.39 is 0 Å². The summed E-state index contributed by atoms with van der Waals surface area (Å²) < 4.78 is 6.50. The van der Waals surface area contributed by atoms with Gasteiger partial charge in [0.25, 0.3) is 0 Å². The lowest BCUT2D eigenvalue weighted by molar-refractivity contribution is 0.131. The van der Waals surface area contributed by atoms with Gasteiger partial charge in [0, 0.05) is 4.47 Å². The number of ether oxygens (including phenoxy) is 1. The van der Waals surface area contributed by atoms with E-state index in [0.717, 1.165) is 4.47 Å². The second-order valence-electron chi connectivity index (χ2n) is 4.00. The quantitative estimate of drug-likeness (QED) is 0.768. The van der Waals surface area contributed by atoms with Gasteiger partial charge in [-0.2, -0.15) is 5.26 Å².